The van der Waals surface area contributed by atoms with Crippen LogP contribution in [0, 0.1) is 18.3 Å². The first kappa shape index (κ1) is 16.7. The SMILES string of the molecule is Cc1ccc(C=Nc2n[nH]c(Cc3ccccc3Cl)c2C#N)cc1O. The highest BCUT2D eigenvalue weighted by atomic mass is 35.5. The quantitative estimate of drug-likeness (QED) is 0.688. The van der Waals surface area contributed by atoms with Gasteiger partial charge in [0.05, 0.1) is 5.69 Å². The van der Waals surface area contributed by atoms with E-state index < -0.39 is 0 Å². The molecule has 0 fully saturated rings. The summed E-state index contributed by atoms with van der Waals surface area (Å²) in [6.45, 7) is 1.82. The van der Waals surface area contributed by atoms with Crippen LogP contribution in [-0.2, 0) is 6.42 Å². The van der Waals surface area contributed by atoms with Crippen LogP contribution < -0.4 is 0 Å². The molecule has 6 heteroatoms. The second-order valence-electron chi connectivity index (χ2n) is 5.58. The molecule has 0 aliphatic carbocycles. The Labute approximate surface area is 150 Å². The highest BCUT2D eigenvalue weighted by molar-refractivity contribution is 6.31. The molecule has 25 heavy (non-hydrogen) atoms. The molecule has 0 radical (unpaired) electrons. The van der Waals surface area contributed by atoms with Gasteiger partial charge in [0.15, 0.2) is 5.82 Å². The molecule has 3 rings (SSSR count). The lowest BCUT2D eigenvalue weighted by Gasteiger charge is -2.02. The van der Waals surface area contributed by atoms with Crippen LogP contribution in [0.5, 0.6) is 5.75 Å². The van der Waals surface area contributed by atoms with Crippen LogP contribution >= 0.6 is 11.6 Å². The van der Waals surface area contributed by atoms with Gasteiger partial charge in [0.25, 0.3) is 0 Å². The van der Waals surface area contributed by atoms with Gasteiger partial charge < -0.3 is 5.11 Å². The Balaban J connectivity index is 1.87. The maximum atomic E-state index is 9.74. The van der Waals surface area contributed by atoms with Gasteiger partial charge in [-0.25, -0.2) is 4.99 Å². The molecule has 0 spiro atoms. The van der Waals surface area contributed by atoms with E-state index in [1.807, 2.05) is 37.3 Å². The molecule has 1 heterocycles. The Morgan fingerprint density at radius 3 is 2.84 bits per heavy atom. The standard InChI is InChI=1S/C19H15ClN4O/c1-12-6-7-13(8-18(12)25)11-22-19-15(10-21)17(23-24-19)9-14-4-2-3-5-16(14)20/h2-8,11,25H,9H2,1H3,(H,23,24). The summed E-state index contributed by atoms with van der Waals surface area (Å²) in [5.74, 6) is 0.510. The first-order valence-electron chi connectivity index (χ1n) is 7.63. The molecule has 0 atom stereocenters. The van der Waals surface area contributed by atoms with E-state index in [0.717, 1.165) is 16.7 Å². The highest BCUT2D eigenvalue weighted by Gasteiger charge is 2.13. The van der Waals surface area contributed by atoms with Crippen LogP contribution in [-0.4, -0.2) is 21.5 Å². The molecular weight excluding hydrogens is 336 g/mol. The van der Waals surface area contributed by atoms with E-state index in [9.17, 15) is 10.4 Å². The van der Waals surface area contributed by atoms with Crippen LogP contribution in [0.3, 0.4) is 0 Å². The van der Waals surface area contributed by atoms with Gasteiger partial charge in [0.2, 0.25) is 0 Å². The van der Waals surface area contributed by atoms with Gasteiger partial charge in [-0.05, 0) is 35.7 Å². The summed E-state index contributed by atoms with van der Waals surface area (Å²) < 4.78 is 0. The van der Waals surface area contributed by atoms with Gasteiger partial charge in [0.1, 0.15) is 17.4 Å². The summed E-state index contributed by atoms with van der Waals surface area (Å²) in [4.78, 5) is 4.27. The molecule has 2 N–H and O–H groups in total. The molecule has 0 aliphatic rings. The molecule has 0 bridgehead atoms. The normalized spacial score (nSPS) is 10.9. The first-order valence-corrected chi connectivity index (χ1v) is 8.00. The summed E-state index contributed by atoms with van der Waals surface area (Å²) in [5, 5.41) is 26.8. The predicted octanol–water partition coefficient (Wildman–Crippen LogP) is 4.29. The lowest BCUT2D eigenvalue weighted by Crippen LogP contribution is -1.92. The zero-order chi connectivity index (χ0) is 17.8. The maximum Gasteiger partial charge on any atom is 0.191 e. The van der Waals surface area contributed by atoms with E-state index in [2.05, 4.69) is 21.3 Å². The molecule has 5 nitrogen and oxygen atoms in total. The minimum absolute atomic E-state index is 0.200. The molecule has 0 unspecified atom stereocenters. The monoisotopic (exact) mass is 350 g/mol. The van der Waals surface area contributed by atoms with E-state index >= 15 is 0 Å². The summed E-state index contributed by atoms with van der Waals surface area (Å²) in [7, 11) is 0. The number of aromatic amines is 1. The van der Waals surface area contributed by atoms with Crippen molar-refractivity contribution < 1.29 is 5.11 Å². The Hall–Kier alpha value is -3.10. The van der Waals surface area contributed by atoms with Gasteiger partial charge in [-0.1, -0.05) is 41.9 Å². The number of hydrogen-bond donors (Lipinski definition) is 2. The number of aromatic nitrogens is 2. The van der Waals surface area contributed by atoms with Crippen molar-refractivity contribution in [1.82, 2.24) is 10.2 Å². The Morgan fingerprint density at radius 1 is 1.32 bits per heavy atom. The largest absolute Gasteiger partial charge is 0.508 e. The van der Waals surface area contributed by atoms with E-state index in [1.165, 1.54) is 0 Å². The maximum absolute atomic E-state index is 9.74. The summed E-state index contributed by atoms with van der Waals surface area (Å²) in [5.41, 5.74) is 3.46. The molecule has 124 valence electrons. The van der Waals surface area contributed by atoms with E-state index in [4.69, 9.17) is 11.6 Å². The van der Waals surface area contributed by atoms with Crippen molar-refractivity contribution in [3.05, 3.63) is 75.4 Å². The van der Waals surface area contributed by atoms with E-state index in [0.29, 0.717) is 28.5 Å². The van der Waals surface area contributed by atoms with Gasteiger partial charge in [0, 0.05) is 17.7 Å². The van der Waals surface area contributed by atoms with Crippen LogP contribution in [0.1, 0.15) is 27.9 Å². The number of benzene rings is 2. The average molecular weight is 351 g/mol. The number of hydrogen-bond acceptors (Lipinski definition) is 4. The number of rotatable bonds is 4. The summed E-state index contributed by atoms with van der Waals surface area (Å²) in [6.07, 6.45) is 2.03. The number of H-pyrrole nitrogens is 1. The van der Waals surface area contributed by atoms with Gasteiger partial charge in [-0.15, -0.1) is 0 Å². The number of halogens is 1. The van der Waals surface area contributed by atoms with E-state index in [-0.39, 0.29) is 5.75 Å². The number of nitrogens with zero attached hydrogens (tertiary/aromatic N) is 3. The minimum atomic E-state index is 0.200. The number of phenolic OH excluding ortho intramolecular Hbond substituents is 1. The Kier molecular flexibility index (Phi) is 4.82. The molecule has 3 aromatic rings. The van der Waals surface area contributed by atoms with Gasteiger partial charge >= 0.3 is 0 Å². The van der Waals surface area contributed by atoms with Gasteiger partial charge in [-0.2, -0.15) is 10.4 Å². The second kappa shape index (κ2) is 7.20. The molecule has 0 aliphatic heterocycles. The molecule has 0 saturated heterocycles. The van der Waals surface area contributed by atoms with Crippen molar-refractivity contribution in [2.24, 2.45) is 4.99 Å². The molecule has 0 saturated carbocycles. The third kappa shape index (κ3) is 3.70. The first-order chi connectivity index (χ1) is 12.1. The second-order valence-corrected chi connectivity index (χ2v) is 5.99. The van der Waals surface area contributed by atoms with Crippen molar-refractivity contribution in [1.29, 1.82) is 5.26 Å². The zero-order valence-electron chi connectivity index (χ0n) is 13.5. The third-order valence-corrected chi connectivity index (χ3v) is 4.20. The lowest BCUT2D eigenvalue weighted by atomic mass is 10.1. The molecule has 0 amide bonds. The number of aliphatic imine (C=N–C) groups is 1. The topological polar surface area (TPSA) is 85.1 Å². The predicted molar refractivity (Wildman–Crippen MR) is 97.7 cm³/mol. The average Bonchev–Trinajstić information content (AvgIpc) is 2.99. The fourth-order valence-electron chi connectivity index (χ4n) is 2.38. The molecule has 2 aromatic carbocycles. The van der Waals surface area contributed by atoms with Crippen molar-refractivity contribution in [3.8, 4) is 11.8 Å². The number of aryl methyl sites for hydroxylation is 1. The molecular formula is C19H15ClN4O. The van der Waals surface area contributed by atoms with Gasteiger partial charge in [-0.3, -0.25) is 5.10 Å². The van der Waals surface area contributed by atoms with Crippen LogP contribution in [0.4, 0.5) is 5.82 Å². The van der Waals surface area contributed by atoms with Crippen LogP contribution in [0.2, 0.25) is 5.02 Å². The number of nitrogens with one attached hydrogen (secondary N) is 1. The van der Waals surface area contributed by atoms with E-state index in [1.54, 1.807) is 18.3 Å². The van der Waals surface area contributed by atoms with Crippen molar-refractivity contribution in [2.75, 3.05) is 0 Å². The molecule has 1 aromatic heterocycles. The summed E-state index contributed by atoms with van der Waals surface area (Å²) in [6, 6.07) is 14.9. The smallest absolute Gasteiger partial charge is 0.191 e. The van der Waals surface area contributed by atoms with Crippen LogP contribution in [0.25, 0.3) is 0 Å². The van der Waals surface area contributed by atoms with Crippen molar-refractivity contribution in [3.63, 3.8) is 0 Å². The highest BCUT2D eigenvalue weighted by Crippen LogP contribution is 2.24. The van der Waals surface area contributed by atoms with Crippen LogP contribution in [0.15, 0.2) is 47.5 Å². The number of phenols is 1. The minimum Gasteiger partial charge on any atom is -0.508 e. The Bertz CT molecular complexity index is 985. The Morgan fingerprint density at radius 2 is 2.12 bits per heavy atom. The fourth-order valence-corrected chi connectivity index (χ4v) is 2.58. The van der Waals surface area contributed by atoms with Crippen molar-refractivity contribution >= 4 is 23.6 Å². The summed E-state index contributed by atoms with van der Waals surface area (Å²) >= 11 is 6.17. The number of nitriles is 1. The number of aromatic hydroxyl groups is 1. The lowest BCUT2D eigenvalue weighted by molar-refractivity contribution is 0.471. The van der Waals surface area contributed by atoms with Crippen molar-refractivity contribution in [2.45, 2.75) is 13.3 Å². The zero-order valence-corrected chi connectivity index (χ0v) is 14.2. The third-order valence-electron chi connectivity index (χ3n) is 3.83. The fraction of sp³-hybridized carbons (Fsp3) is 0.105.